The van der Waals surface area contributed by atoms with Gasteiger partial charge < -0.3 is 44.0 Å². The number of hydrogen-bond donors (Lipinski definition) is 2. The highest BCUT2D eigenvalue weighted by Gasteiger charge is 2.29. The van der Waals surface area contributed by atoms with E-state index in [1.165, 1.54) is 4.90 Å². The fourth-order valence-corrected chi connectivity index (χ4v) is 3.01. The van der Waals surface area contributed by atoms with Crippen molar-refractivity contribution in [2.75, 3.05) is 20.6 Å². The minimum atomic E-state index is -0.897. The van der Waals surface area contributed by atoms with Crippen molar-refractivity contribution in [1.82, 2.24) is 10.2 Å². The first-order valence-corrected chi connectivity index (χ1v) is 8.85. The molecule has 1 aromatic heterocycles. The lowest BCUT2D eigenvalue weighted by Crippen LogP contribution is -3.00. The van der Waals surface area contributed by atoms with E-state index in [-0.39, 0.29) is 49.6 Å². The van der Waals surface area contributed by atoms with Gasteiger partial charge in [0, 0.05) is 26.7 Å². The number of nitrogens with one attached hydrogen (secondary N) is 1. The Morgan fingerprint density at radius 2 is 1.96 bits per heavy atom. The number of aromatic nitrogens is 1. The fourth-order valence-electron chi connectivity index (χ4n) is 3.01. The zero-order valence-corrected chi connectivity index (χ0v) is 19.2. The van der Waals surface area contributed by atoms with Crippen molar-refractivity contribution in [1.29, 1.82) is 0 Å². The van der Waals surface area contributed by atoms with Crippen LogP contribution in [0.15, 0.2) is 24.5 Å². The molecule has 9 heteroatoms. The van der Waals surface area contributed by atoms with Gasteiger partial charge in [0.05, 0.1) is 6.42 Å². The molecule has 8 nitrogen and oxygen atoms in total. The molecule has 1 heterocycles. The minimum absolute atomic E-state index is 0. The van der Waals surface area contributed by atoms with Crippen molar-refractivity contribution in [2.45, 2.75) is 40.3 Å². The number of carbonyl (C=O) groups is 3. The number of halogens is 1. The van der Waals surface area contributed by atoms with Crippen molar-refractivity contribution in [3.8, 4) is 0 Å². The number of aliphatic carboxylic acids is 1. The third-order valence-corrected chi connectivity index (χ3v) is 3.99. The van der Waals surface area contributed by atoms with Crippen molar-refractivity contribution in [2.24, 2.45) is 11.3 Å². The van der Waals surface area contributed by atoms with Gasteiger partial charge in [-0.1, -0.05) is 20.8 Å². The summed E-state index contributed by atoms with van der Waals surface area (Å²) in [6, 6.07) is 3.38. The third kappa shape index (κ3) is 9.34. The van der Waals surface area contributed by atoms with Gasteiger partial charge in [-0.2, -0.15) is 4.57 Å². The maximum atomic E-state index is 12.0. The first kappa shape index (κ1) is 26.1. The van der Waals surface area contributed by atoms with Crippen molar-refractivity contribution in [3.05, 3.63) is 30.1 Å². The van der Waals surface area contributed by atoms with E-state index < -0.39 is 17.5 Å². The summed E-state index contributed by atoms with van der Waals surface area (Å²) in [7, 11) is 3.32. The second-order valence-electron chi connectivity index (χ2n) is 7.70. The third-order valence-electron chi connectivity index (χ3n) is 3.99. The molecule has 28 heavy (non-hydrogen) atoms. The van der Waals surface area contributed by atoms with Crippen LogP contribution in [0.4, 0.5) is 4.79 Å². The summed E-state index contributed by atoms with van der Waals surface area (Å²) in [5.74, 6) is -0.738. The average Bonchev–Trinajstić information content (AvgIpc) is 2.56. The summed E-state index contributed by atoms with van der Waals surface area (Å²) >= 11 is 0. The van der Waals surface area contributed by atoms with Crippen molar-refractivity contribution < 1.29 is 52.8 Å². The van der Waals surface area contributed by atoms with Gasteiger partial charge in [0.1, 0.15) is 5.56 Å². The number of carboxylic acids is 1. The molecule has 158 valence electrons. The van der Waals surface area contributed by atoms with E-state index in [1.807, 2.05) is 20.8 Å². The second-order valence-corrected chi connectivity index (χ2v) is 7.70. The number of amides is 2. The van der Waals surface area contributed by atoms with Gasteiger partial charge in [-0.3, -0.25) is 9.59 Å². The molecule has 0 unspecified atom stereocenters. The molecule has 0 saturated heterocycles. The summed E-state index contributed by atoms with van der Waals surface area (Å²) in [5, 5.41) is 11.8. The van der Waals surface area contributed by atoms with E-state index >= 15 is 0 Å². The molecule has 0 aliphatic carbocycles. The number of carbonyl (C=O) groups excluding carboxylic acids is 2. The molecular formula is C19H30IN3O5. The quantitative estimate of drug-likeness (QED) is 0.327. The van der Waals surface area contributed by atoms with Crippen LogP contribution in [0.5, 0.6) is 0 Å². The molecule has 2 amide bonds. The van der Waals surface area contributed by atoms with E-state index in [0.717, 1.165) is 0 Å². The topological polar surface area (TPSA) is 99.8 Å². The summed E-state index contributed by atoms with van der Waals surface area (Å²) in [5.41, 5.74) is -0.0676. The average molecular weight is 507 g/mol. The highest BCUT2D eigenvalue weighted by molar-refractivity contribution is 5.93. The summed E-state index contributed by atoms with van der Waals surface area (Å²) in [6.45, 7) is 6.01. The van der Waals surface area contributed by atoms with E-state index in [1.54, 1.807) is 43.2 Å². The molecular weight excluding hydrogens is 477 g/mol. The standard InChI is InChI=1S/C19H29N3O5.HI/c1-14(2)9-19(3,10-16(23)24)12-20-18(26)27-13-22-8-6-7-15(11-22)17(25)21(4)5;/h6-8,11,14H,9-10,12-13H2,1-5H3,(H-,20,23,24,26);1H/t19-;/m0./s1. The SMILES string of the molecule is CC(C)C[C@](C)(CNC(=O)OC[n+]1cccc(C(=O)N(C)C)c1)CC(=O)O.[I-]. The van der Waals surface area contributed by atoms with Gasteiger partial charge in [0.25, 0.3) is 12.6 Å². The molecule has 0 bridgehead atoms. The molecule has 0 spiro atoms. The molecule has 0 aromatic carbocycles. The van der Waals surface area contributed by atoms with E-state index in [2.05, 4.69) is 5.32 Å². The first-order valence-electron chi connectivity index (χ1n) is 8.85. The smallest absolute Gasteiger partial charge is 0.412 e. The number of nitrogens with zero attached hydrogens (tertiary/aromatic N) is 2. The van der Waals surface area contributed by atoms with Crippen molar-refractivity contribution in [3.63, 3.8) is 0 Å². The first-order chi connectivity index (χ1) is 12.5. The zero-order valence-electron chi connectivity index (χ0n) is 17.1. The predicted molar refractivity (Wildman–Crippen MR) is 99.0 cm³/mol. The number of rotatable bonds is 9. The van der Waals surface area contributed by atoms with Crippen molar-refractivity contribution >= 4 is 18.0 Å². The maximum absolute atomic E-state index is 12.0. The van der Waals surface area contributed by atoms with Gasteiger partial charge in [-0.25, -0.2) is 4.79 Å². The van der Waals surface area contributed by atoms with Gasteiger partial charge in [-0.05, 0) is 23.8 Å². The highest BCUT2D eigenvalue weighted by atomic mass is 127. The van der Waals surface area contributed by atoms with Crippen LogP contribution in [0.25, 0.3) is 0 Å². The lowest BCUT2D eigenvalue weighted by molar-refractivity contribution is -0.727. The van der Waals surface area contributed by atoms with Gasteiger partial charge >= 0.3 is 12.1 Å². The molecule has 0 fully saturated rings. The summed E-state index contributed by atoms with van der Waals surface area (Å²) < 4.78 is 6.75. The summed E-state index contributed by atoms with van der Waals surface area (Å²) in [6.07, 6.45) is 3.29. The number of pyridine rings is 1. The van der Waals surface area contributed by atoms with Crippen LogP contribution >= 0.6 is 0 Å². The molecule has 1 rings (SSSR count). The molecule has 0 aliphatic rings. The van der Waals surface area contributed by atoms with Gasteiger partial charge in [0.2, 0.25) is 0 Å². The van der Waals surface area contributed by atoms with E-state index in [0.29, 0.717) is 17.9 Å². The van der Waals surface area contributed by atoms with E-state index in [4.69, 9.17) is 9.84 Å². The Hall–Kier alpha value is -1.91. The summed E-state index contributed by atoms with van der Waals surface area (Å²) in [4.78, 5) is 36.5. The maximum Gasteiger partial charge on any atom is 0.412 e. The Bertz CT molecular complexity index is 681. The Balaban J connectivity index is 0.00000729. The monoisotopic (exact) mass is 507 g/mol. The zero-order chi connectivity index (χ0) is 20.6. The molecule has 1 atom stereocenters. The van der Waals surface area contributed by atoms with Crippen LogP contribution in [-0.4, -0.2) is 48.6 Å². The van der Waals surface area contributed by atoms with Crippen LogP contribution in [-0.2, 0) is 16.3 Å². The van der Waals surface area contributed by atoms with Crippen LogP contribution in [0.2, 0.25) is 0 Å². The molecule has 2 N–H and O–H groups in total. The van der Waals surface area contributed by atoms with Crippen LogP contribution < -0.4 is 33.9 Å². The van der Waals surface area contributed by atoms with E-state index in [9.17, 15) is 14.4 Å². The van der Waals surface area contributed by atoms with Crippen LogP contribution in [0.3, 0.4) is 0 Å². The Kier molecular flexibility index (Phi) is 11.0. The number of ether oxygens (including phenoxy) is 1. The van der Waals surface area contributed by atoms with Crippen LogP contribution in [0, 0.1) is 11.3 Å². The number of hydrogen-bond acceptors (Lipinski definition) is 4. The molecule has 0 aliphatic heterocycles. The Labute approximate surface area is 183 Å². The lowest BCUT2D eigenvalue weighted by atomic mass is 9.79. The predicted octanol–water partition coefficient (Wildman–Crippen LogP) is -1.11. The number of carboxylic acid groups (broad SMARTS) is 1. The Morgan fingerprint density at radius 3 is 2.50 bits per heavy atom. The fraction of sp³-hybridized carbons (Fsp3) is 0.579. The minimum Gasteiger partial charge on any atom is -1.00 e. The largest absolute Gasteiger partial charge is 1.00 e. The van der Waals surface area contributed by atoms with Gasteiger partial charge in [0.15, 0.2) is 12.4 Å². The van der Waals surface area contributed by atoms with Gasteiger partial charge in [-0.15, -0.1) is 0 Å². The Morgan fingerprint density at radius 1 is 1.32 bits per heavy atom. The molecule has 0 radical (unpaired) electrons. The highest BCUT2D eigenvalue weighted by Crippen LogP contribution is 2.29. The number of alkyl carbamates (subject to hydrolysis) is 1. The van der Waals surface area contributed by atoms with Crippen LogP contribution in [0.1, 0.15) is 44.0 Å². The lowest BCUT2D eigenvalue weighted by Gasteiger charge is -2.29. The molecule has 1 aromatic rings. The normalized spacial score (nSPS) is 12.5. The molecule has 0 saturated carbocycles. The second kappa shape index (κ2) is 11.8.